The molecule has 0 fully saturated rings. The molecule has 0 aliphatic rings. The van der Waals surface area contributed by atoms with Crippen molar-refractivity contribution in [3.05, 3.63) is 52.8 Å². The van der Waals surface area contributed by atoms with Gasteiger partial charge in [-0.3, -0.25) is 0 Å². The van der Waals surface area contributed by atoms with Crippen LogP contribution in [0.25, 0.3) is 0 Å². The highest BCUT2D eigenvalue weighted by Crippen LogP contribution is 2.36. The molecule has 2 aromatic rings. The molecule has 130 valence electrons. The first-order valence-corrected chi connectivity index (χ1v) is 9.31. The van der Waals surface area contributed by atoms with Crippen LogP contribution in [0.15, 0.2) is 30.3 Å². The van der Waals surface area contributed by atoms with E-state index in [0.717, 1.165) is 16.4 Å². The highest BCUT2D eigenvalue weighted by atomic mass is 31.1. The van der Waals surface area contributed by atoms with E-state index in [9.17, 15) is 9.50 Å². The van der Waals surface area contributed by atoms with E-state index in [1.54, 1.807) is 6.07 Å². The monoisotopic (exact) mass is 346 g/mol. The molecule has 3 heteroatoms. The van der Waals surface area contributed by atoms with E-state index in [1.807, 2.05) is 19.1 Å². The number of hydrogen-bond donors (Lipinski definition) is 1. The van der Waals surface area contributed by atoms with Crippen molar-refractivity contribution in [3.63, 3.8) is 0 Å². The predicted octanol–water partition coefficient (Wildman–Crippen LogP) is 5.06. The van der Waals surface area contributed by atoms with Crippen LogP contribution >= 0.6 is 8.58 Å². The van der Waals surface area contributed by atoms with Crippen molar-refractivity contribution < 1.29 is 9.50 Å². The smallest absolute Gasteiger partial charge is 0.131 e. The Kier molecular flexibility index (Phi) is 5.11. The quantitative estimate of drug-likeness (QED) is 0.753. The zero-order valence-electron chi connectivity index (χ0n) is 15.7. The second-order valence-electron chi connectivity index (χ2n) is 8.48. The van der Waals surface area contributed by atoms with Gasteiger partial charge in [0.05, 0.1) is 0 Å². The van der Waals surface area contributed by atoms with Gasteiger partial charge in [0.25, 0.3) is 0 Å². The molecule has 2 aromatic carbocycles. The molecule has 1 nitrogen and oxygen atoms in total. The van der Waals surface area contributed by atoms with E-state index in [-0.39, 0.29) is 25.2 Å². The number of phenols is 1. The summed E-state index contributed by atoms with van der Waals surface area (Å²) < 4.78 is 14.3. The number of aromatic hydroxyl groups is 1. The van der Waals surface area contributed by atoms with E-state index in [4.69, 9.17) is 0 Å². The zero-order valence-corrected chi connectivity index (χ0v) is 16.7. The highest BCUT2D eigenvalue weighted by Gasteiger charge is 2.25. The first-order valence-electron chi connectivity index (χ1n) is 8.31. The topological polar surface area (TPSA) is 20.2 Å². The van der Waals surface area contributed by atoms with Gasteiger partial charge in [-0.15, -0.1) is 0 Å². The van der Waals surface area contributed by atoms with Crippen LogP contribution in [-0.2, 0) is 10.8 Å². The van der Waals surface area contributed by atoms with Crippen LogP contribution in [0, 0.1) is 12.7 Å². The molecule has 1 N–H and O–H groups in total. The summed E-state index contributed by atoms with van der Waals surface area (Å²) in [6.07, 6.45) is 0. The fraction of sp³-hybridized carbons (Fsp3) is 0.429. The summed E-state index contributed by atoms with van der Waals surface area (Å²) in [5.41, 5.74) is 2.81. The van der Waals surface area contributed by atoms with Gasteiger partial charge in [0, 0.05) is 16.2 Å². The maximum absolute atomic E-state index is 14.3. The van der Waals surface area contributed by atoms with Crippen molar-refractivity contribution >= 4 is 19.2 Å². The third-order valence-electron chi connectivity index (χ3n) is 4.27. The maximum Gasteiger partial charge on any atom is 0.131 e. The predicted molar refractivity (Wildman–Crippen MR) is 104 cm³/mol. The lowest BCUT2D eigenvalue weighted by Crippen LogP contribution is -2.21. The minimum atomic E-state index is -0.203. The number of halogens is 1. The normalized spacial score (nSPS) is 13.0. The average Bonchev–Trinajstić information content (AvgIpc) is 2.42. The molecule has 0 saturated carbocycles. The van der Waals surface area contributed by atoms with Crippen molar-refractivity contribution in [2.45, 2.75) is 59.3 Å². The number of aryl methyl sites for hydroxylation is 1. The highest BCUT2D eigenvalue weighted by molar-refractivity contribution is 7.55. The summed E-state index contributed by atoms with van der Waals surface area (Å²) in [4.78, 5) is 0. The first-order chi connectivity index (χ1) is 10.9. The van der Waals surface area contributed by atoms with Crippen LogP contribution in [0.1, 0.15) is 58.2 Å². The van der Waals surface area contributed by atoms with Gasteiger partial charge in [0.15, 0.2) is 0 Å². The first kappa shape index (κ1) is 18.9. The molecule has 0 aliphatic heterocycles. The molecule has 0 spiro atoms. The maximum atomic E-state index is 14.3. The Morgan fingerprint density at radius 2 is 1.58 bits per heavy atom. The Labute approximate surface area is 147 Å². The number of rotatable bonds is 2. The standard InChI is InChI=1S/C21H28FOP/c1-13-9-8-10-16(22)19(13)24-17-12-14(20(2,3)4)11-15(18(17)23)21(5,6)7/h8-12,23-24H,1-7H3. The van der Waals surface area contributed by atoms with E-state index >= 15 is 0 Å². The van der Waals surface area contributed by atoms with Crippen LogP contribution in [0.4, 0.5) is 4.39 Å². The van der Waals surface area contributed by atoms with Gasteiger partial charge in [-0.1, -0.05) is 68.3 Å². The molecule has 1 atom stereocenters. The van der Waals surface area contributed by atoms with E-state index in [0.29, 0.717) is 11.1 Å². The Morgan fingerprint density at radius 3 is 2.08 bits per heavy atom. The summed E-state index contributed by atoms with van der Waals surface area (Å²) in [5, 5.41) is 12.3. The molecule has 0 radical (unpaired) electrons. The molecular formula is C21H28FOP. The molecule has 0 amide bonds. The van der Waals surface area contributed by atoms with Gasteiger partial charge in [0.2, 0.25) is 0 Å². The third-order valence-corrected chi connectivity index (χ3v) is 5.80. The van der Waals surface area contributed by atoms with Crippen LogP contribution in [0.3, 0.4) is 0 Å². The zero-order chi connectivity index (χ0) is 18.3. The largest absolute Gasteiger partial charge is 0.507 e. The third kappa shape index (κ3) is 3.98. The van der Waals surface area contributed by atoms with Crippen molar-refractivity contribution in [1.82, 2.24) is 0 Å². The second kappa shape index (κ2) is 6.48. The van der Waals surface area contributed by atoms with Gasteiger partial charge in [0.1, 0.15) is 11.6 Å². The molecular weight excluding hydrogens is 318 g/mol. The summed E-state index contributed by atoms with van der Waals surface area (Å²) in [6, 6.07) is 9.27. The lowest BCUT2D eigenvalue weighted by Gasteiger charge is -2.27. The van der Waals surface area contributed by atoms with Gasteiger partial charge >= 0.3 is 0 Å². The van der Waals surface area contributed by atoms with E-state index in [2.05, 4.69) is 47.6 Å². The Bertz CT molecular complexity index is 731. The van der Waals surface area contributed by atoms with Crippen molar-refractivity contribution in [1.29, 1.82) is 0 Å². The molecule has 0 aliphatic carbocycles. The van der Waals surface area contributed by atoms with Gasteiger partial charge < -0.3 is 5.11 Å². The average molecular weight is 346 g/mol. The van der Waals surface area contributed by atoms with Crippen molar-refractivity contribution in [2.24, 2.45) is 0 Å². The molecule has 0 aromatic heterocycles. The fourth-order valence-electron chi connectivity index (χ4n) is 2.66. The molecule has 0 bridgehead atoms. The Balaban J connectivity index is 2.65. The molecule has 0 saturated heterocycles. The van der Waals surface area contributed by atoms with E-state index in [1.165, 1.54) is 11.6 Å². The van der Waals surface area contributed by atoms with Crippen LogP contribution in [0.5, 0.6) is 5.75 Å². The second-order valence-corrected chi connectivity index (χ2v) is 9.77. The fourth-order valence-corrected chi connectivity index (χ4v) is 3.89. The van der Waals surface area contributed by atoms with Crippen molar-refractivity contribution in [3.8, 4) is 5.75 Å². The SMILES string of the molecule is Cc1cccc(F)c1Pc1cc(C(C)(C)C)cc(C(C)(C)C)c1O. The van der Waals surface area contributed by atoms with Crippen LogP contribution < -0.4 is 10.6 Å². The molecule has 2 rings (SSSR count). The summed E-state index contributed by atoms with van der Waals surface area (Å²) in [7, 11) is 0.0992. The summed E-state index contributed by atoms with van der Waals surface area (Å²) >= 11 is 0. The number of phenolic OH excluding ortho intramolecular Hbond substituents is 1. The van der Waals surface area contributed by atoms with Gasteiger partial charge in [-0.05, 0) is 41.0 Å². The number of hydrogen-bond acceptors (Lipinski definition) is 1. The van der Waals surface area contributed by atoms with Crippen molar-refractivity contribution in [2.75, 3.05) is 0 Å². The molecule has 24 heavy (non-hydrogen) atoms. The number of benzene rings is 2. The Morgan fingerprint density at radius 1 is 0.958 bits per heavy atom. The molecule has 0 heterocycles. The minimum Gasteiger partial charge on any atom is -0.507 e. The minimum absolute atomic E-state index is 0.0305. The van der Waals surface area contributed by atoms with Crippen LogP contribution in [-0.4, -0.2) is 5.11 Å². The van der Waals surface area contributed by atoms with Gasteiger partial charge in [-0.2, -0.15) is 0 Å². The van der Waals surface area contributed by atoms with E-state index < -0.39 is 0 Å². The Hall–Kier alpha value is -1.40. The van der Waals surface area contributed by atoms with Crippen LogP contribution in [0.2, 0.25) is 0 Å². The van der Waals surface area contributed by atoms with Gasteiger partial charge in [-0.25, -0.2) is 4.39 Å². The lowest BCUT2D eigenvalue weighted by molar-refractivity contribution is 0.449. The summed E-state index contributed by atoms with van der Waals surface area (Å²) in [5.74, 6) is 0.0997. The molecule has 1 unspecified atom stereocenters. The lowest BCUT2D eigenvalue weighted by atomic mass is 9.80. The summed E-state index contributed by atoms with van der Waals surface area (Å²) in [6.45, 7) is 14.7.